The van der Waals surface area contributed by atoms with E-state index in [1.807, 2.05) is 0 Å². The predicted molar refractivity (Wildman–Crippen MR) is 52.2 cm³/mol. The summed E-state index contributed by atoms with van der Waals surface area (Å²) in [5.74, 6) is -0.0238. The topological polar surface area (TPSA) is 77.5 Å². The predicted octanol–water partition coefficient (Wildman–Crippen LogP) is -0.0701. The molecule has 0 bridgehead atoms. The lowest BCUT2D eigenvalue weighted by Crippen LogP contribution is -2.30. The first-order valence-corrected chi connectivity index (χ1v) is 7.86. The molecule has 0 aliphatic carbocycles. The smallest absolute Gasteiger partial charge is 0.267 e. The minimum Gasteiger partial charge on any atom is -0.267 e. The minimum absolute atomic E-state index is 0.0247. The second-order valence-corrected chi connectivity index (χ2v) is 7.48. The highest BCUT2D eigenvalue weighted by atomic mass is 32.2. The van der Waals surface area contributed by atoms with Crippen molar-refractivity contribution >= 4 is 20.0 Å². The Morgan fingerprint density at radius 3 is 2.21 bits per heavy atom. The van der Waals surface area contributed by atoms with Gasteiger partial charge in [0.2, 0.25) is 0 Å². The average Bonchev–Trinajstić information content (AvgIpc) is 2.09. The van der Waals surface area contributed by atoms with Crippen molar-refractivity contribution in [3.63, 3.8) is 0 Å². The molecule has 0 aromatic heterocycles. The van der Waals surface area contributed by atoms with Crippen LogP contribution in [0.1, 0.15) is 19.8 Å². The molecule has 0 unspecified atom stereocenters. The largest absolute Gasteiger partial charge is 0.267 e. The summed E-state index contributed by atoms with van der Waals surface area (Å²) in [5, 5.41) is 0. The van der Waals surface area contributed by atoms with Crippen LogP contribution in [-0.4, -0.2) is 40.2 Å². The molecule has 1 saturated heterocycles. The molecular weight excluding hydrogens is 228 g/mol. The molecular formula is C7H14O5S2. The van der Waals surface area contributed by atoms with Gasteiger partial charge in [0.05, 0.1) is 23.4 Å². The van der Waals surface area contributed by atoms with Gasteiger partial charge in [-0.3, -0.25) is 4.18 Å². The van der Waals surface area contributed by atoms with Crippen LogP contribution in [0.25, 0.3) is 0 Å². The Labute approximate surface area is 84.5 Å². The Morgan fingerprint density at radius 1 is 1.29 bits per heavy atom. The Hall–Kier alpha value is -0.140. The van der Waals surface area contributed by atoms with E-state index in [1.54, 1.807) is 0 Å². The van der Waals surface area contributed by atoms with Gasteiger partial charge < -0.3 is 0 Å². The van der Waals surface area contributed by atoms with E-state index in [-0.39, 0.29) is 30.1 Å². The van der Waals surface area contributed by atoms with Crippen molar-refractivity contribution in [2.75, 3.05) is 17.3 Å². The number of hydrogen-bond donors (Lipinski definition) is 0. The monoisotopic (exact) mass is 242 g/mol. The second kappa shape index (κ2) is 4.16. The summed E-state index contributed by atoms with van der Waals surface area (Å²) in [6, 6.07) is 0. The standard InChI is InChI=1S/C7H14O5S2/c1-2-14(10,11)12-7-3-5-13(8,9)6-4-7/h7H,2-6H2,1H3. The van der Waals surface area contributed by atoms with Gasteiger partial charge in [-0.1, -0.05) is 0 Å². The van der Waals surface area contributed by atoms with Gasteiger partial charge in [-0.05, 0) is 19.8 Å². The van der Waals surface area contributed by atoms with Crippen molar-refractivity contribution in [2.24, 2.45) is 0 Å². The molecule has 1 heterocycles. The van der Waals surface area contributed by atoms with Crippen LogP contribution >= 0.6 is 0 Å². The summed E-state index contributed by atoms with van der Waals surface area (Å²) in [5.41, 5.74) is 0. The first kappa shape index (κ1) is 11.9. The van der Waals surface area contributed by atoms with Crippen LogP contribution in [0, 0.1) is 0 Å². The van der Waals surface area contributed by atoms with Gasteiger partial charge in [0.15, 0.2) is 9.84 Å². The van der Waals surface area contributed by atoms with Gasteiger partial charge in [-0.25, -0.2) is 8.42 Å². The molecule has 0 aromatic rings. The molecule has 0 N–H and O–H groups in total. The first-order valence-electron chi connectivity index (χ1n) is 4.46. The summed E-state index contributed by atoms with van der Waals surface area (Å²) in [4.78, 5) is 0. The van der Waals surface area contributed by atoms with Crippen molar-refractivity contribution in [3.8, 4) is 0 Å². The third kappa shape index (κ3) is 3.55. The normalized spacial score (nSPS) is 23.5. The van der Waals surface area contributed by atoms with E-state index in [1.165, 1.54) is 6.92 Å². The fraction of sp³-hybridized carbons (Fsp3) is 1.00. The molecule has 0 amide bonds. The zero-order valence-electron chi connectivity index (χ0n) is 7.97. The van der Waals surface area contributed by atoms with Crippen molar-refractivity contribution < 1.29 is 21.0 Å². The van der Waals surface area contributed by atoms with Gasteiger partial charge in [-0.2, -0.15) is 8.42 Å². The average molecular weight is 242 g/mol. The molecule has 14 heavy (non-hydrogen) atoms. The molecule has 0 saturated carbocycles. The zero-order chi connectivity index (χ0) is 10.8. The minimum atomic E-state index is -3.45. The number of rotatable bonds is 3. The third-order valence-corrected chi connectivity index (χ3v) is 5.13. The second-order valence-electron chi connectivity index (χ2n) is 3.29. The van der Waals surface area contributed by atoms with Gasteiger partial charge in [-0.15, -0.1) is 0 Å². The van der Waals surface area contributed by atoms with E-state index in [4.69, 9.17) is 4.18 Å². The lowest BCUT2D eigenvalue weighted by molar-refractivity contribution is 0.197. The van der Waals surface area contributed by atoms with Crippen LogP contribution in [-0.2, 0) is 24.1 Å². The molecule has 1 aliphatic rings. The molecule has 1 fully saturated rings. The number of sulfone groups is 1. The molecule has 0 atom stereocenters. The van der Waals surface area contributed by atoms with Crippen LogP contribution in [0.5, 0.6) is 0 Å². The lowest BCUT2D eigenvalue weighted by atomic mass is 10.2. The van der Waals surface area contributed by atoms with E-state index in [2.05, 4.69) is 0 Å². The summed E-state index contributed by atoms with van der Waals surface area (Å²) in [7, 11) is -6.40. The highest BCUT2D eigenvalue weighted by molar-refractivity contribution is 7.91. The molecule has 7 heteroatoms. The Kier molecular flexibility index (Phi) is 3.54. The summed E-state index contributed by atoms with van der Waals surface area (Å²) >= 11 is 0. The maximum atomic E-state index is 11.1. The first-order chi connectivity index (χ1) is 6.35. The van der Waals surface area contributed by atoms with Crippen LogP contribution in [0.4, 0.5) is 0 Å². The lowest BCUT2D eigenvalue weighted by Gasteiger charge is -2.21. The van der Waals surface area contributed by atoms with Crippen molar-refractivity contribution in [2.45, 2.75) is 25.9 Å². The molecule has 0 radical (unpaired) electrons. The third-order valence-electron chi connectivity index (χ3n) is 2.14. The fourth-order valence-electron chi connectivity index (χ4n) is 1.24. The highest BCUT2D eigenvalue weighted by Crippen LogP contribution is 2.17. The van der Waals surface area contributed by atoms with E-state index in [0.29, 0.717) is 0 Å². The van der Waals surface area contributed by atoms with Gasteiger partial charge in [0.25, 0.3) is 10.1 Å². The summed E-state index contributed by atoms with van der Waals surface area (Å²) in [6.07, 6.45) is 0.104. The molecule has 5 nitrogen and oxygen atoms in total. The van der Waals surface area contributed by atoms with E-state index in [0.717, 1.165) is 0 Å². The fourth-order valence-corrected chi connectivity index (χ4v) is 3.43. The van der Waals surface area contributed by atoms with Gasteiger partial charge in [0, 0.05) is 0 Å². The number of hydrogen-bond acceptors (Lipinski definition) is 5. The van der Waals surface area contributed by atoms with Crippen molar-refractivity contribution in [1.82, 2.24) is 0 Å². The van der Waals surface area contributed by atoms with Crippen LogP contribution in [0.15, 0.2) is 0 Å². The van der Waals surface area contributed by atoms with E-state index >= 15 is 0 Å². The maximum absolute atomic E-state index is 11.1. The molecule has 1 rings (SSSR count). The van der Waals surface area contributed by atoms with Crippen molar-refractivity contribution in [3.05, 3.63) is 0 Å². The molecule has 84 valence electrons. The Balaban J connectivity index is 2.52. The van der Waals surface area contributed by atoms with Gasteiger partial charge >= 0.3 is 0 Å². The maximum Gasteiger partial charge on any atom is 0.267 e. The molecule has 0 aromatic carbocycles. The van der Waals surface area contributed by atoms with E-state index < -0.39 is 26.1 Å². The van der Waals surface area contributed by atoms with Gasteiger partial charge in [0.1, 0.15) is 0 Å². The SMILES string of the molecule is CCS(=O)(=O)OC1CCS(=O)(=O)CC1. The van der Waals surface area contributed by atoms with Crippen molar-refractivity contribution in [1.29, 1.82) is 0 Å². The quantitative estimate of drug-likeness (QED) is 0.647. The van der Waals surface area contributed by atoms with Crippen LogP contribution < -0.4 is 0 Å². The van der Waals surface area contributed by atoms with E-state index in [9.17, 15) is 16.8 Å². The van der Waals surface area contributed by atoms with Crippen LogP contribution in [0.2, 0.25) is 0 Å². The molecule has 1 aliphatic heterocycles. The Bertz CT molecular complexity index is 366. The summed E-state index contributed by atoms with van der Waals surface area (Å²) in [6.45, 7) is 1.49. The summed E-state index contributed by atoms with van der Waals surface area (Å²) < 4.78 is 49.0. The molecule has 0 spiro atoms. The highest BCUT2D eigenvalue weighted by Gasteiger charge is 2.27. The van der Waals surface area contributed by atoms with Crippen LogP contribution in [0.3, 0.4) is 0 Å². The Morgan fingerprint density at radius 2 is 1.79 bits per heavy atom. The zero-order valence-corrected chi connectivity index (χ0v) is 9.60.